The van der Waals surface area contributed by atoms with Gasteiger partial charge in [0.1, 0.15) is 0 Å². The zero-order valence-electron chi connectivity index (χ0n) is 11.8. The lowest BCUT2D eigenvalue weighted by Crippen LogP contribution is -2.34. The van der Waals surface area contributed by atoms with Crippen LogP contribution >= 0.6 is 0 Å². The SMILES string of the molecule is CN(C)CCNCCNCCCNCC(O)CO. The van der Waals surface area contributed by atoms with E-state index in [2.05, 4.69) is 34.9 Å². The Morgan fingerprint density at radius 2 is 1.56 bits per heavy atom. The molecule has 6 heteroatoms. The molecule has 0 aromatic heterocycles. The van der Waals surface area contributed by atoms with Crippen LogP contribution in [0.3, 0.4) is 0 Å². The second-order valence-corrected chi connectivity index (χ2v) is 4.70. The van der Waals surface area contributed by atoms with E-state index in [9.17, 15) is 0 Å². The first-order chi connectivity index (χ1) is 8.66. The Bertz CT molecular complexity index is 170. The first kappa shape index (κ1) is 17.8. The lowest BCUT2D eigenvalue weighted by Gasteiger charge is -2.11. The lowest BCUT2D eigenvalue weighted by molar-refractivity contribution is 0.0945. The van der Waals surface area contributed by atoms with Gasteiger partial charge in [-0.05, 0) is 33.6 Å². The predicted octanol–water partition coefficient (Wildman–Crippen LogP) is -1.94. The normalized spacial score (nSPS) is 13.2. The molecule has 18 heavy (non-hydrogen) atoms. The molecule has 110 valence electrons. The second kappa shape index (κ2) is 13.2. The molecule has 0 aliphatic carbocycles. The molecule has 0 radical (unpaired) electrons. The van der Waals surface area contributed by atoms with Crippen LogP contribution in [0.4, 0.5) is 0 Å². The minimum atomic E-state index is -0.640. The zero-order chi connectivity index (χ0) is 13.6. The zero-order valence-corrected chi connectivity index (χ0v) is 11.8. The van der Waals surface area contributed by atoms with Crippen molar-refractivity contribution in [2.45, 2.75) is 12.5 Å². The van der Waals surface area contributed by atoms with Crippen molar-refractivity contribution in [3.63, 3.8) is 0 Å². The van der Waals surface area contributed by atoms with E-state index in [1.54, 1.807) is 0 Å². The monoisotopic (exact) mass is 262 g/mol. The summed E-state index contributed by atoms with van der Waals surface area (Å²) in [6.45, 7) is 6.17. The summed E-state index contributed by atoms with van der Waals surface area (Å²) in [7, 11) is 4.14. The summed E-state index contributed by atoms with van der Waals surface area (Å²) < 4.78 is 0. The minimum Gasteiger partial charge on any atom is -0.394 e. The molecular weight excluding hydrogens is 232 g/mol. The van der Waals surface area contributed by atoms with Crippen molar-refractivity contribution in [2.24, 2.45) is 0 Å². The standard InChI is InChI=1S/C12H30N4O2/c1-16(2)9-8-14-7-6-13-4-3-5-15-10-12(18)11-17/h12-15,17-18H,3-11H2,1-2H3. The van der Waals surface area contributed by atoms with E-state index in [4.69, 9.17) is 10.2 Å². The van der Waals surface area contributed by atoms with E-state index in [0.29, 0.717) is 6.54 Å². The fraction of sp³-hybridized carbons (Fsp3) is 1.00. The van der Waals surface area contributed by atoms with Crippen LogP contribution in [0.25, 0.3) is 0 Å². The van der Waals surface area contributed by atoms with Gasteiger partial charge in [0.05, 0.1) is 12.7 Å². The number of nitrogens with zero attached hydrogens (tertiary/aromatic N) is 1. The van der Waals surface area contributed by atoms with Gasteiger partial charge in [0.25, 0.3) is 0 Å². The van der Waals surface area contributed by atoms with Crippen molar-refractivity contribution in [1.82, 2.24) is 20.9 Å². The van der Waals surface area contributed by atoms with Crippen LogP contribution in [0, 0.1) is 0 Å². The summed E-state index contributed by atoms with van der Waals surface area (Å²) in [5, 5.41) is 27.5. The van der Waals surface area contributed by atoms with E-state index < -0.39 is 6.10 Å². The quantitative estimate of drug-likeness (QED) is 0.249. The Kier molecular flexibility index (Phi) is 13.0. The minimum absolute atomic E-state index is 0.177. The van der Waals surface area contributed by atoms with Crippen molar-refractivity contribution in [2.75, 3.05) is 66.5 Å². The number of aliphatic hydroxyl groups is 2. The number of aliphatic hydroxyl groups excluding tert-OH is 2. The molecule has 0 saturated carbocycles. The highest BCUT2D eigenvalue weighted by Crippen LogP contribution is 1.78. The van der Waals surface area contributed by atoms with Gasteiger partial charge in [-0.2, -0.15) is 0 Å². The molecule has 5 N–H and O–H groups in total. The maximum atomic E-state index is 9.08. The third-order valence-electron chi connectivity index (χ3n) is 2.51. The fourth-order valence-corrected chi connectivity index (χ4v) is 1.40. The fourth-order valence-electron chi connectivity index (χ4n) is 1.40. The van der Waals surface area contributed by atoms with Gasteiger partial charge in [-0.1, -0.05) is 0 Å². The van der Waals surface area contributed by atoms with Gasteiger partial charge in [0.15, 0.2) is 0 Å². The van der Waals surface area contributed by atoms with Gasteiger partial charge in [-0.15, -0.1) is 0 Å². The molecule has 0 amide bonds. The summed E-state index contributed by atoms with van der Waals surface area (Å²) in [4.78, 5) is 2.16. The highest BCUT2D eigenvalue weighted by atomic mass is 16.3. The summed E-state index contributed by atoms with van der Waals surface area (Å²) in [6, 6.07) is 0. The van der Waals surface area contributed by atoms with Crippen LogP contribution in [-0.4, -0.2) is 87.7 Å². The largest absolute Gasteiger partial charge is 0.394 e. The van der Waals surface area contributed by atoms with Crippen molar-refractivity contribution in [3.05, 3.63) is 0 Å². The third-order valence-corrected chi connectivity index (χ3v) is 2.51. The highest BCUT2D eigenvalue weighted by molar-refractivity contribution is 4.59. The molecular formula is C12H30N4O2. The first-order valence-electron chi connectivity index (χ1n) is 6.72. The molecule has 1 unspecified atom stereocenters. The first-order valence-corrected chi connectivity index (χ1v) is 6.72. The molecule has 0 bridgehead atoms. The Labute approximate surface area is 111 Å². The molecule has 0 aliphatic heterocycles. The summed E-state index contributed by atoms with van der Waals surface area (Å²) in [5.74, 6) is 0. The number of nitrogens with one attached hydrogen (secondary N) is 3. The van der Waals surface area contributed by atoms with Crippen molar-refractivity contribution in [3.8, 4) is 0 Å². The highest BCUT2D eigenvalue weighted by Gasteiger charge is 1.99. The Morgan fingerprint density at radius 1 is 0.944 bits per heavy atom. The molecule has 0 rings (SSSR count). The Morgan fingerprint density at radius 3 is 2.17 bits per heavy atom. The van der Waals surface area contributed by atoms with Gasteiger partial charge in [0.2, 0.25) is 0 Å². The average Bonchev–Trinajstić information content (AvgIpc) is 2.35. The molecule has 0 saturated heterocycles. The molecule has 0 heterocycles. The van der Waals surface area contributed by atoms with Gasteiger partial charge >= 0.3 is 0 Å². The number of likely N-dealkylation sites (N-methyl/N-ethyl adjacent to an activating group) is 1. The van der Waals surface area contributed by atoms with E-state index in [-0.39, 0.29) is 6.61 Å². The van der Waals surface area contributed by atoms with Crippen LogP contribution < -0.4 is 16.0 Å². The van der Waals surface area contributed by atoms with E-state index in [1.807, 2.05) is 0 Å². The summed E-state index contributed by atoms with van der Waals surface area (Å²) >= 11 is 0. The van der Waals surface area contributed by atoms with Gasteiger partial charge < -0.3 is 31.1 Å². The smallest absolute Gasteiger partial charge is 0.0894 e. The molecule has 0 fully saturated rings. The molecule has 0 aromatic carbocycles. The molecule has 1 atom stereocenters. The molecule has 0 spiro atoms. The second-order valence-electron chi connectivity index (χ2n) is 4.70. The van der Waals surface area contributed by atoms with E-state index in [1.165, 1.54) is 0 Å². The number of rotatable bonds is 13. The average molecular weight is 262 g/mol. The lowest BCUT2D eigenvalue weighted by atomic mass is 10.3. The van der Waals surface area contributed by atoms with Crippen LogP contribution in [0.2, 0.25) is 0 Å². The van der Waals surface area contributed by atoms with Gasteiger partial charge in [-0.3, -0.25) is 0 Å². The third kappa shape index (κ3) is 13.8. The van der Waals surface area contributed by atoms with Crippen LogP contribution in [0.1, 0.15) is 6.42 Å². The van der Waals surface area contributed by atoms with Gasteiger partial charge in [0, 0.05) is 32.7 Å². The number of hydrogen-bond acceptors (Lipinski definition) is 6. The van der Waals surface area contributed by atoms with Crippen molar-refractivity contribution in [1.29, 1.82) is 0 Å². The summed E-state index contributed by atoms with van der Waals surface area (Å²) in [6.07, 6.45) is 0.384. The maximum absolute atomic E-state index is 9.08. The van der Waals surface area contributed by atoms with E-state index in [0.717, 1.165) is 45.7 Å². The predicted molar refractivity (Wildman–Crippen MR) is 74.9 cm³/mol. The van der Waals surface area contributed by atoms with Gasteiger partial charge in [-0.25, -0.2) is 0 Å². The summed E-state index contributed by atoms with van der Waals surface area (Å²) in [5.41, 5.74) is 0. The molecule has 6 nitrogen and oxygen atoms in total. The Balaban J connectivity index is 2.99. The molecule has 0 aromatic rings. The van der Waals surface area contributed by atoms with Crippen molar-refractivity contribution < 1.29 is 10.2 Å². The van der Waals surface area contributed by atoms with Crippen LogP contribution in [0.15, 0.2) is 0 Å². The topological polar surface area (TPSA) is 79.8 Å². The Hall–Kier alpha value is -0.240. The maximum Gasteiger partial charge on any atom is 0.0894 e. The van der Waals surface area contributed by atoms with Crippen molar-refractivity contribution >= 4 is 0 Å². The van der Waals surface area contributed by atoms with E-state index >= 15 is 0 Å². The van der Waals surface area contributed by atoms with Crippen LogP contribution in [-0.2, 0) is 0 Å². The number of hydrogen-bond donors (Lipinski definition) is 5. The molecule has 0 aliphatic rings. The van der Waals surface area contributed by atoms with Crippen LogP contribution in [0.5, 0.6) is 0 Å².